The summed E-state index contributed by atoms with van der Waals surface area (Å²) in [4.78, 5) is 20.1. The number of halogens is 1. The van der Waals surface area contributed by atoms with Gasteiger partial charge in [0, 0.05) is 19.5 Å². The zero-order valence-electron chi connectivity index (χ0n) is 15.2. The number of piperidine rings is 1. The van der Waals surface area contributed by atoms with E-state index in [9.17, 15) is 9.18 Å². The molecule has 0 aromatic heterocycles. The molecule has 0 saturated carbocycles. The van der Waals surface area contributed by atoms with Crippen molar-refractivity contribution >= 4 is 11.6 Å². The van der Waals surface area contributed by atoms with Crippen molar-refractivity contribution in [3.05, 3.63) is 71.5 Å². The summed E-state index contributed by atoms with van der Waals surface area (Å²) in [5.74, 6) is 0.338. The maximum Gasteiger partial charge on any atom is 0.266 e. The highest BCUT2D eigenvalue weighted by molar-refractivity contribution is 6.04. The van der Waals surface area contributed by atoms with Crippen LogP contribution in [0, 0.1) is 11.7 Å². The molecule has 0 bridgehead atoms. The minimum atomic E-state index is -0.560. The molecule has 2 aromatic rings. The van der Waals surface area contributed by atoms with E-state index in [-0.39, 0.29) is 11.7 Å². The summed E-state index contributed by atoms with van der Waals surface area (Å²) in [6.45, 7) is 1.53. The lowest BCUT2D eigenvalue weighted by Gasteiger charge is -2.33. The number of carbonyl (C=O) groups is 1. The third-order valence-corrected chi connectivity index (χ3v) is 5.42. The van der Waals surface area contributed by atoms with Gasteiger partial charge in [-0.25, -0.2) is 4.39 Å². The summed E-state index contributed by atoms with van der Waals surface area (Å²) in [5.41, 5.74) is 2.86. The van der Waals surface area contributed by atoms with Gasteiger partial charge in [-0.3, -0.25) is 4.79 Å². The molecule has 2 aliphatic rings. The van der Waals surface area contributed by atoms with Gasteiger partial charge in [-0.1, -0.05) is 47.6 Å². The van der Waals surface area contributed by atoms with E-state index < -0.39 is 6.10 Å². The maximum atomic E-state index is 13.1. The molecule has 2 aromatic carbocycles. The Morgan fingerprint density at radius 1 is 1.07 bits per heavy atom. The largest absolute Gasteiger partial charge is 0.382 e. The Balaban J connectivity index is 1.28. The molecule has 0 radical (unpaired) electrons. The third kappa shape index (κ3) is 4.18. The Morgan fingerprint density at radius 3 is 2.48 bits per heavy atom. The van der Waals surface area contributed by atoms with Crippen molar-refractivity contribution in [2.24, 2.45) is 11.1 Å². The van der Waals surface area contributed by atoms with E-state index in [2.05, 4.69) is 29.4 Å². The van der Waals surface area contributed by atoms with Crippen LogP contribution in [0.1, 0.15) is 30.4 Å². The molecule has 1 saturated heterocycles. The standard InChI is InChI=1S/C22H23FN2O2/c23-19-8-6-18(7-9-19)20-15-21(27-24-20)22(26)25-12-10-17(11-13-25)14-16-4-2-1-3-5-16/h1-9,17,21H,10-15H2/t21-/m0/s1. The average molecular weight is 366 g/mol. The van der Waals surface area contributed by atoms with Gasteiger partial charge in [-0.05, 0) is 48.4 Å². The van der Waals surface area contributed by atoms with Crippen LogP contribution < -0.4 is 0 Å². The number of oxime groups is 1. The first-order valence-electron chi connectivity index (χ1n) is 9.50. The van der Waals surface area contributed by atoms with E-state index in [1.54, 1.807) is 12.1 Å². The topological polar surface area (TPSA) is 41.9 Å². The molecule has 2 aliphatic heterocycles. The molecule has 4 rings (SSSR count). The second-order valence-corrected chi connectivity index (χ2v) is 7.30. The second-order valence-electron chi connectivity index (χ2n) is 7.30. The molecule has 5 heteroatoms. The minimum absolute atomic E-state index is 0.00835. The lowest BCUT2D eigenvalue weighted by atomic mass is 9.90. The van der Waals surface area contributed by atoms with Gasteiger partial charge >= 0.3 is 0 Å². The number of amides is 1. The van der Waals surface area contributed by atoms with Gasteiger partial charge in [0.1, 0.15) is 5.82 Å². The first kappa shape index (κ1) is 17.7. The molecule has 140 valence electrons. The molecule has 1 amide bonds. The van der Waals surface area contributed by atoms with E-state index in [0.29, 0.717) is 18.1 Å². The van der Waals surface area contributed by atoms with Gasteiger partial charge in [0.25, 0.3) is 5.91 Å². The van der Waals surface area contributed by atoms with Gasteiger partial charge in [0.15, 0.2) is 0 Å². The van der Waals surface area contributed by atoms with Crippen LogP contribution in [-0.4, -0.2) is 35.7 Å². The maximum absolute atomic E-state index is 13.1. The number of carbonyl (C=O) groups excluding carboxylic acids is 1. The summed E-state index contributed by atoms with van der Waals surface area (Å²) in [5, 5.41) is 4.05. The van der Waals surface area contributed by atoms with Crippen LogP contribution in [0.4, 0.5) is 4.39 Å². The molecule has 0 unspecified atom stereocenters. The van der Waals surface area contributed by atoms with Crippen molar-refractivity contribution < 1.29 is 14.0 Å². The molecular weight excluding hydrogens is 343 g/mol. The quantitative estimate of drug-likeness (QED) is 0.826. The van der Waals surface area contributed by atoms with Crippen molar-refractivity contribution in [1.82, 2.24) is 4.90 Å². The lowest BCUT2D eigenvalue weighted by molar-refractivity contribution is -0.143. The highest BCUT2D eigenvalue weighted by Gasteiger charge is 2.34. The highest BCUT2D eigenvalue weighted by atomic mass is 19.1. The van der Waals surface area contributed by atoms with Gasteiger partial charge in [-0.15, -0.1) is 0 Å². The average Bonchev–Trinajstić information content (AvgIpc) is 3.20. The Hall–Kier alpha value is -2.69. The Morgan fingerprint density at radius 2 is 1.78 bits per heavy atom. The number of nitrogens with zero attached hydrogens (tertiary/aromatic N) is 2. The predicted molar refractivity (Wildman–Crippen MR) is 102 cm³/mol. The fourth-order valence-electron chi connectivity index (χ4n) is 3.83. The SMILES string of the molecule is O=C([C@@H]1CC(c2ccc(F)cc2)=NO1)N1CCC(Cc2ccccc2)CC1. The van der Waals surface area contributed by atoms with Gasteiger partial charge in [0.2, 0.25) is 6.10 Å². The smallest absolute Gasteiger partial charge is 0.266 e. The van der Waals surface area contributed by atoms with E-state index in [1.807, 2.05) is 11.0 Å². The number of rotatable bonds is 4. The molecule has 1 fully saturated rings. The number of likely N-dealkylation sites (tertiary alicyclic amines) is 1. The summed E-state index contributed by atoms with van der Waals surface area (Å²) in [7, 11) is 0. The summed E-state index contributed by atoms with van der Waals surface area (Å²) in [6, 6.07) is 16.6. The fourth-order valence-corrected chi connectivity index (χ4v) is 3.83. The van der Waals surface area contributed by atoms with E-state index in [4.69, 9.17) is 4.84 Å². The lowest BCUT2D eigenvalue weighted by Crippen LogP contribution is -2.44. The first-order valence-corrected chi connectivity index (χ1v) is 9.50. The van der Waals surface area contributed by atoms with E-state index in [1.165, 1.54) is 17.7 Å². The van der Waals surface area contributed by atoms with Crippen LogP contribution in [0.25, 0.3) is 0 Å². The number of hydrogen-bond donors (Lipinski definition) is 0. The molecule has 4 nitrogen and oxygen atoms in total. The summed E-state index contributed by atoms with van der Waals surface area (Å²) >= 11 is 0. The molecule has 1 atom stereocenters. The molecule has 0 spiro atoms. The van der Waals surface area contributed by atoms with Gasteiger partial charge < -0.3 is 9.74 Å². The number of hydrogen-bond acceptors (Lipinski definition) is 3. The van der Waals surface area contributed by atoms with Crippen LogP contribution in [0.2, 0.25) is 0 Å². The zero-order chi connectivity index (χ0) is 18.6. The molecule has 2 heterocycles. The normalized spacial score (nSPS) is 20.3. The van der Waals surface area contributed by atoms with Crippen LogP contribution in [0.3, 0.4) is 0 Å². The monoisotopic (exact) mass is 366 g/mol. The molecule has 0 N–H and O–H groups in total. The molecular formula is C22H23FN2O2. The zero-order valence-corrected chi connectivity index (χ0v) is 15.2. The van der Waals surface area contributed by atoms with Crippen molar-refractivity contribution in [2.75, 3.05) is 13.1 Å². The van der Waals surface area contributed by atoms with Crippen molar-refractivity contribution in [2.45, 2.75) is 31.8 Å². The Kier molecular flexibility index (Phi) is 5.19. The van der Waals surface area contributed by atoms with E-state index >= 15 is 0 Å². The highest BCUT2D eigenvalue weighted by Crippen LogP contribution is 2.24. The van der Waals surface area contributed by atoms with Gasteiger partial charge in [0.05, 0.1) is 5.71 Å². The third-order valence-electron chi connectivity index (χ3n) is 5.42. The van der Waals surface area contributed by atoms with Crippen LogP contribution >= 0.6 is 0 Å². The molecule has 27 heavy (non-hydrogen) atoms. The van der Waals surface area contributed by atoms with Gasteiger partial charge in [-0.2, -0.15) is 0 Å². The fraction of sp³-hybridized carbons (Fsp3) is 0.364. The molecule has 0 aliphatic carbocycles. The number of benzene rings is 2. The van der Waals surface area contributed by atoms with Crippen LogP contribution in [0.15, 0.2) is 59.8 Å². The Labute approximate surface area is 158 Å². The van der Waals surface area contributed by atoms with Crippen molar-refractivity contribution in [3.8, 4) is 0 Å². The van der Waals surface area contributed by atoms with Crippen LogP contribution in [0.5, 0.6) is 0 Å². The predicted octanol–water partition coefficient (Wildman–Crippen LogP) is 3.80. The summed E-state index contributed by atoms with van der Waals surface area (Å²) < 4.78 is 13.1. The second kappa shape index (κ2) is 7.91. The van der Waals surface area contributed by atoms with Crippen LogP contribution in [-0.2, 0) is 16.1 Å². The van der Waals surface area contributed by atoms with Crippen molar-refractivity contribution in [3.63, 3.8) is 0 Å². The van der Waals surface area contributed by atoms with Crippen molar-refractivity contribution in [1.29, 1.82) is 0 Å². The summed E-state index contributed by atoms with van der Waals surface area (Å²) in [6.07, 6.45) is 2.98. The minimum Gasteiger partial charge on any atom is -0.382 e. The Bertz CT molecular complexity index is 812. The van der Waals surface area contributed by atoms with E-state index in [0.717, 1.165) is 37.9 Å². The first-order chi connectivity index (χ1) is 13.2.